The number of rotatable bonds is 4. The second-order valence-electron chi connectivity index (χ2n) is 8.09. The van der Waals surface area contributed by atoms with Crippen LogP contribution in [0.1, 0.15) is 36.0 Å². The van der Waals surface area contributed by atoms with E-state index in [4.69, 9.17) is 21.6 Å². The number of carbonyl (C=O) groups excluding carboxylic acids is 1. The lowest BCUT2D eigenvalue weighted by molar-refractivity contribution is -0.128. The predicted molar refractivity (Wildman–Crippen MR) is 130 cm³/mol. The number of hydrogen-bond donors (Lipinski definition) is 0. The smallest absolute Gasteiger partial charge is 0.219 e. The zero-order valence-electron chi connectivity index (χ0n) is 17.6. The van der Waals surface area contributed by atoms with Gasteiger partial charge in [0.25, 0.3) is 0 Å². The van der Waals surface area contributed by atoms with Gasteiger partial charge in [-0.3, -0.25) is 4.79 Å². The minimum absolute atomic E-state index is 0.158. The first kappa shape index (κ1) is 21.0. The maximum absolute atomic E-state index is 11.9. The van der Waals surface area contributed by atoms with Gasteiger partial charge in [0.1, 0.15) is 16.5 Å². The van der Waals surface area contributed by atoms with Gasteiger partial charge in [0, 0.05) is 47.9 Å². The monoisotopic (exact) mass is 472 g/mol. The van der Waals surface area contributed by atoms with Crippen LogP contribution in [0, 0.1) is 0 Å². The molecule has 0 N–H and O–H groups in total. The first-order valence-electron chi connectivity index (χ1n) is 10.8. The van der Waals surface area contributed by atoms with Crippen molar-refractivity contribution in [2.75, 3.05) is 31.1 Å². The van der Waals surface area contributed by atoms with Crippen LogP contribution in [0.15, 0.2) is 29.2 Å². The summed E-state index contributed by atoms with van der Waals surface area (Å²) in [7, 11) is 0. The van der Waals surface area contributed by atoms with Crippen molar-refractivity contribution in [2.45, 2.75) is 43.3 Å². The number of anilines is 1. The van der Waals surface area contributed by atoms with Crippen LogP contribution in [0.4, 0.5) is 5.82 Å². The highest BCUT2D eigenvalue weighted by Crippen LogP contribution is 2.41. The van der Waals surface area contributed by atoms with Crippen molar-refractivity contribution >= 4 is 56.6 Å². The van der Waals surface area contributed by atoms with Gasteiger partial charge in [-0.2, -0.15) is 0 Å². The molecule has 0 bridgehead atoms. The van der Waals surface area contributed by atoms with Gasteiger partial charge in [0.05, 0.1) is 11.1 Å². The molecule has 1 aromatic carbocycles. The fourth-order valence-electron chi connectivity index (χ4n) is 4.44. The molecule has 2 aliphatic rings. The second-order valence-corrected chi connectivity index (χ2v) is 10.7. The summed E-state index contributed by atoms with van der Waals surface area (Å²) in [5.74, 6) is 2.82. The number of fused-ring (bicyclic) bond motifs is 3. The minimum atomic E-state index is 0.158. The number of hydrogen-bond acceptors (Lipinski definition) is 6. The van der Waals surface area contributed by atoms with E-state index < -0.39 is 0 Å². The van der Waals surface area contributed by atoms with Crippen LogP contribution in [-0.2, 0) is 23.4 Å². The third-order valence-electron chi connectivity index (χ3n) is 6.01. The summed E-state index contributed by atoms with van der Waals surface area (Å²) in [6, 6.07) is 7.91. The molecule has 3 heterocycles. The number of amides is 1. The third-order valence-corrected chi connectivity index (χ3v) is 8.46. The summed E-state index contributed by atoms with van der Waals surface area (Å²) in [5.41, 5.74) is 1.46. The van der Waals surface area contributed by atoms with E-state index in [0.717, 1.165) is 77.6 Å². The zero-order chi connectivity index (χ0) is 21.4. The Morgan fingerprint density at radius 2 is 1.94 bits per heavy atom. The molecule has 0 spiro atoms. The van der Waals surface area contributed by atoms with E-state index in [1.165, 1.54) is 22.2 Å². The van der Waals surface area contributed by atoms with Crippen LogP contribution in [0.5, 0.6) is 0 Å². The van der Waals surface area contributed by atoms with Crippen LogP contribution in [-0.4, -0.2) is 47.0 Å². The first-order valence-corrected chi connectivity index (χ1v) is 13.0. The van der Waals surface area contributed by atoms with Gasteiger partial charge in [-0.1, -0.05) is 11.6 Å². The Bertz CT molecular complexity index is 1110. The molecule has 0 saturated carbocycles. The normalized spacial score (nSPS) is 16.6. The van der Waals surface area contributed by atoms with Gasteiger partial charge >= 0.3 is 0 Å². The highest BCUT2D eigenvalue weighted by molar-refractivity contribution is 7.98. The van der Waals surface area contributed by atoms with Crippen molar-refractivity contribution in [2.24, 2.45) is 0 Å². The van der Waals surface area contributed by atoms with Crippen molar-refractivity contribution in [3.63, 3.8) is 0 Å². The largest absolute Gasteiger partial charge is 0.354 e. The van der Waals surface area contributed by atoms with E-state index in [0.29, 0.717) is 0 Å². The number of nitrogens with zero attached hydrogens (tertiary/aromatic N) is 4. The number of thioether (sulfide) groups is 1. The average Bonchev–Trinajstić information content (AvgIpc) is 3.24. The molecule has 5 nitrogen and oxygen atoms in total. The summed E-state index contributed by atoms with van der Waals surface area (Å²) in [6.45, 7) is 4.98. The van der Waals surface area contributed by atoms with Crippen LogP contribution >= 0.6 is 34.7 Å². The molecule has 5 rings (SSSR count). The Kier molecular flexibility index (Phi) is 6.08. The van der Waals surface area contributed by atoms with Crippen molar-refractivity contribution < 1.29 is 4.79 Å². The lowest BCUT2D eigenvalue weighted by Gasteiger charge is -2.24. The maximum Gasteiger partial charge on any atom is 0.219 e. The van der Waals surface area contributed by atoms with Gasteiger partial charge in [-0.25, -0.2) is 9.97 Å². The Morgan fingerprint density at radius 3 is 2.74 bits per heavy atom. The fourth-order valence-corrected chi connectivity index (χ4v) is 6.59. The average molecular weight is 473 g/mol. The molecule has 162 valence electrons. The Hall–Kier alpha value is -1.83. The van der Waals surface area contributed by atoms with E-state index in [-0.39, 0.29) is 5.91 Å². The number of thiophene rings is 1. The third kappa shape index (κ3) is 4.41. The fraction of sp³-hybridized carbons (Fsp3) is 0.435. The summed E-state index contributed by atoms with van der Waals surface area (Å²) in [5, 5.41) is 2.01. The second kappa shape index (κ2) is 8.96. The van der Waals surface area contributed by atoms with Gasteiger partial charge < -0.3 is 9.80 Å². The van der Waals surface area contributed by atoms with E-state index in [1.807, 2.05) is 40.5 Å². The van der Waals surface area contributed by atoms with E-state index in [9.17, 15) is 4.79 Å². The highest BCUT2D eigenvalue weighted by Gasteiger charge is 2.26. The molecule has 8 heteroatoms. The number of aryl methyl sites for hydroxylation is 2. The van der Waals surface area contributed by atoms with Gasteiger partial charge in [0.2, 0.25) is 5.91 Å². The van der Waals surface area contributed by atoms with Gasteiger partial charge in [-0.05, 0) is 55.5 Å². The van der Waals surface area contributed by atoms with E-state index in [2.05, 4.69) is 4.90 Å². The molecule has 1 amide bonds. The predicted octanol–water partition coefficient (Wildman–Crippen LogP) is 5.18. The lowest BCUT2D eigenvalue weighted by atomic mass is 10.1. The molecule has 2 aromatic heterocycles. The molecule has 31 heavy (non-hydrogen) atoms. The van der Waals surface area contributed by atoms with E-state index >= 15 is 0 Å². The molecule has 0 unspecified atom stereocenters. The van der Waals surface area contributed by atoms with E-state index in [1.54, 1.807) is 18.7 Å². The molecule has 3 aromatic rings. The molecule has 1 aliphatic heterocycles. The van der Waals surface area contributed by atoms with Crippen LogP contribution in [0.2, 0.25) is 5.02 Å². The van der Waals surface area contributed by atoms with Crippen molar-refractivity contribution in [1.29, 1.82) is 0 Å². The van der Waals surface area contributed by atoms with Gasteiger partial charge in [-0.15, -0.1) is 23.1 Å². The Labute approximate surface area is 195 Å². The number of carbonyl (C=O) groups is 1. The van der Waals surface area contributed by atoms with Crippen molar-refractivity contribution in [3.8, 4) is 0 Å². The molecule has 1 aliphatic carbocycles. The van der Waals surface area contributed by atoms with Gasteiger partial charge in [0.15, 0.2) is 0 Å². The number of halogens is 1. The quantitative estimate of drug-likeness (QED) is 0.489. The van der Waals surface area contributed by atoms with Crippen LogP contribution in [0.25, 0.3) is 10.2 Å². The zero-order valence-corrected chi connectivity index (χ0v) is 20.0. The molecular formula is C23H25ClN4OS2. The summed E-state index contributed by atoms with van der Waals surface area (Å²) < 4.78 is 0. The molecule has 1 saturated heterocycles. The summed E-state index contributed by atoms with van der Waals surface area (Å²) >= 11 is 9.60. The number of benzene rings is 1. The van der Waals surface area contributed by atoms with Crippen molar-refractivity contribution in [1.82, 2.24) is 14.9 Å². The lowest BCUT2D eigenvalue weighted by Crippen LogP contribution is -2.34. The maximum atomic E-state index is 11.9. The topological polar surface area (TPSA) is 49.3 Å². The SMILES string of the molecule is CC(=O)N1CCCN(c2nc(CSc3ccc(Cl)cc3)nc3sc4c(c23)CCC4)CC1. The minimum Gasteiger partial charge on any atom is -0.354 e. The van der Waals surface area contributed by atoms with Crippen LogP contribution < -0.4 is 4.90 Å². The Morgan fingerprint density at radius 1 is 1.10 bits per heavy atom. The standard InChI is InChI=1S/C23H25ClN4OS2/c1-15(29)27-10-3-11-28(13-12-27)22-21-18-4-2-5-19(18)31-23(21)26-20(25-22)14-30-17-8-6-16(24)7-9-17/h6-9H,2-5,10-14H2,1H3. The summed E-state index contributed by atoms with van der Waals surface area (Å²) in [4.78, 5) is 30.0. The molecule has 0 atom stereocenters. The molecule has 1 fully saturated rings. The molecular weight excluding hydrogens is 448 g/mol. The highest BCUT2D eigenvalue weighted by atomic mass is 35.5. The van der Waals surface area contributed by atoms with Crippen molar-refractivity contribution in [3.05, 3.63) is 45.6 Å². The number of aromatic nitrogens is 2. The summed E-state index contributed by atoms with van der Waals surface area (Å²) in [6.07, 6.45) is 4.47. The molecule has 0 radical (unpaired) electrons. The Balaban J connectivity index is 1.47. The first-order chi connectivity index (χ1) is 15.1. The van der Waals surface area contributed by atoms with Crippen LogP contribution in [0.3, 0.4) is 0 Å².